The Bertz CT molecular complexity index is 306. The van der Waals surface area contributed by atoms with Crippen LogP contribution < -0.4 is 5.32 Å². The highest BCUT2D eigenvalue weighted by molar-refractivity contribution is 9.11. The molecule has 0 bridgehead atoms. The summed E-state index contributed by atoms with van der Waals surface area (Å²) in [7, 11) is 0. The molecule has 1 aromatic rings. The van der Waals surface area contributed by atoms with E-state index in [-0.39, 0.29) is 6.54 Å². The van der Waals surface area contributed by atoms with Crippen LogP contribution in [0.4, 0.5) is 14.5 Å². The van der Waals surface area contributed by atoms with Crippen molar-refractivity contribution in [1.82, 2.24) is 0 Å². The summed E-state index contributed by atoms with van der Waals surface area (Å²) in [5.74, 6) is 0. The second kappa shape index (κ2) is 5.07. The van der Waals surface area contributed by atoms with Gasteiger partial charge in [-0.15, -0.1) is 0 Å². The number of alkyl halides is 2. The minimum atomic E-state index is -2.35. The molecule has 1 rings (SSSR count). The first-order chi connectivity index (χ1) is 6.50. The molecule has 1 nitrogen and oxygen atoms in total. The number of halogens is 4. The molecule has 0 spiro atoms. The standard InChI is InChI=1S/C9H9Br2F2N/c1-5-2-6(10)9(7(11)3-5)14-4-8(12)13/h2-3,8,14H,4H2,1H3. The number of hydrogen-bond acceptors (Lipinski definition) is 1. The number of anilines is 1. The van der Waals surface area contributed by atoms with Gasteiger partial charge < -0.3 is 5.32 Å². The fourth-order valence-electron chi connectivity index (χ4n) is 1.05. The van der Waals surface area contributed by atoms with Crippen LogP contribution in [0.5, 0.6) is 0 Å². The molecular formula is C9H9Br2F2N. The quantitative estimate of drug-likeness (QED) is 0.877. The van der Waals surface area contributed by atoms with Gasteiger partial charge in [0.25, 0.3) is 6.43 Å². The van der Waals surface area contributed by atoms with Gasteiger partial charge in [-0.1, -0.05) is 0 Å². The zero-order valence-electron chi connectivity index (χ0n) is 7.45. The van der Waals surface area contributed by atoms with Gasteiger partial charge in [-0.3, -0.25) is 0 Å². The molecule has 0 unspecified atom stereocenters. The molecule has 0 aliphatic heterocycles. The average Bonchev–Trinajstić information content (AvgIpc) is 2.01. The first-order valence-corrected chi connectivity index (χ1v) is 5.57. The minimum Gasteiger partial charge on any atom is -0.377 e. The molecule has 0 amide bonds. The maximum atomic E-state index is 12.0. The Morgan fingerprint density at radius 1 is 1.29 bits per heavy atom. The second-order valence-electron chi connectivity index (χ2n) is 2.88. The number of rotatable bonds is 3. The molecule has 0 heterocycles. The first kappa shape index (κ1) is 11.9. The molecular weight excluding hydrogens is 320 g/mol. The molecule has 14 heavy (non-hydrogen) atoms. The third-order valence-electron chi connectivity index (χ3n) is 1.62. The molecule has 0 fully saturated rings. The molecule has 0 atom stereocenters. The Morgan fingerprint density at radius 2 is 1.79 bits per heavy atom. The molecule has 0 radical (unpaired) electrons. The Balaban J connectivity index is 2.86. The van der Waals surface area contributed by atoms with E-state index in [0.717, 1.165) is 14.5 Å². The lowest BCUT2D eigenvalue weighted by atomic mass is 10.2. The van der Waals surface area contributed by atoms with Crippen LogP contribution in [-0.2, 0) is 0 Å². The SMILES string of the molecule is Cc1cc(Br)c(NCC(F)F)c(Br)c1. The van der Waals surface area contributed by atoms with Gasteiger partial charge >= 0.3 is 0 Å². The Morgan fingerprint density at radius 3 is 2.21 bits per heavy atom. The van der Waals surface area contributed by atoms with Crippen molar-refractivity contribution in [2.24, 2.45) is 0 Å². The van der Waals surface area contributed by atoms with E-state index in [1.54, 1.807) is 0 Å². The zero-order valence-corrected chi connectivity index (χ0v) is 10.6. The Labute approximate surface area is 98.1 Å². The lowest BCUT2D eigenvalue weighted by molar-refractivity contribution is 0.163. The summed E-state index contributed by atoms with van der Waals surface area (Å²) in [6.45, 7) is 1.59. The van der Waals surface area contributed by atoms with Crippen LogP contribution in [0.3, 0.4) is 0 Å². The fourth-order valence-corrected chi connectivity index (χ4v) is 2.74. The van der Waals surface area contributed by atoms with Crippen LogP contribution in [0.25, 0.3) is 0 Å². The van der Waals surface area contributed by atoms with Gasteiger partial charge in [-0.25, -0.2) is 8.78 Å². The highest BCUT2D eigenvalue weighted by Gasteiger charge is 2.08. The number of nitrogens with one attached hydrogen (secondary N) is 1. The van der Waals surface area contributed by atoms with Gasteiger partial charge in [0.1, 0.15) is 0 Å². The monoisotopic (exact) mass is 327 g/mol. The fraction of sp³-hybridized carbons (Fsp3) is 0.333. The van der Waals surface area contributed by atoms with E-state index in [4.69, 9.17) is 0 Å². The van der Waals surface area contributed by atoms with Crippen molar-refractivity contribution >= 4 is 37.5 Å². The molecule has 0 aliphatic carbocycles. The summed E-state index contributed by atoms with van der Waals surface area (Å²) >= 11 is 6.62. The number of benzene rings is 1. The second-order valence-corrected chi connectivity index (χ2v) is 4.58. The predicted molar refractivity (Wildman–Crippen MR) is 61.1 cm³/mol. The van der Waals surface area contributed by atoms with E-state index in [2.05, 4.69) is 37.2 Å². The summed E-state index contributed by atoms with van der Waals surface area (Å²) in [6.07, 6.45) is -2.35. The lowest BCUT2D eigenvalue weighted by Crippen LogP contribution is -2.11. The summed E-state index contributed by atoms with van der Waals surface area (Å²) in [5.41, 5.74) is 1.72. The van der Waals surface area contributed by atoms with Gasteiger partial charge in [-0.2, -0.15) is 0 Å². The van der Waals surface area contributed by atoms with Gasteiger partial charge in [0.15, 0.2) is 0 Å². The van der Waals surface area contributed by atoms with Crippen molar-refractivity contribution in [3.63, 3.8) is 0 Å². The van der Waals surface area contributed by atoms with Crippen molar-refractivity contribution in [2.75, 3.05) is 11.9 Å². The maximum Gasteiger partial charge on any atom is 0.255 e. The van der Waals surface area contributed by atoms with Crippen LogP contribution in [0.15, 0.2) is 21.1 Å². The molecule has 0 saturated carbocycles. The largest absolute Gasteiger partial charge is 0.377 e. The van der Waals surface area contributed by atoms with Crippen LogP contribution in [-0.4, -0.2) is 13.0 Å². The number of hydrogen-bond donors (Lipinski definition) is 1. The first-order valence-electron chi connectivity index (χ1n) is 3.98. The van der Waals surface area contributed by atoms with Crippen LogP contribution in [0.2, 0.25) is 0 Å². The van der Waals surface area contributed by atoms with E-state index in [0.29, 0.717) is 5.69 Å². The summed E-state index contributed by atoms with van der Waals surface area (Å²) in [5, 5.41) is 2.66. The van der Waals surface area contributed by atoms with Crippen molar-refractivity contribution in [1.29, 1.82) is 0 Å². The third kappa shape index (κ3) is 3.20. The van der Waals surface area contributed by atoms with Crippen molar-refractivity contribution in [3.8, 4) is 0 Å². The van der Waals surface area contributed by atoms with Crippen LogP contribution >= 0.6 is 31.9 Å². The van der Waals surface area contributed by atoms with E-state index in [1.807, 2.05) is 19.1 Å². The van der Waals surface area contributed by atoms with Crippen molar-refractivity contribution < 1.29 is 8.78 Å². The smallest absolute Gasteiger partial charge is 0.255 e. The predicted octanol–water partition coefficient (Wildman–Crippen LogP) is 4.20. The van der Waals surface area contributed by atoms with E-state index >= 15 is 0 Å². The van der Waals surface area contributed by atoms with Crippen LogP contribution in [0.1, 0.15) is 5.56 Å². The highest BCUT2D eigenvalue weighted by Crippen LogP contribution is 2.32. The normalized spacial score (nSPS) is 10.7. The molecule has 1 N–H and O–H groups in total. The van der Waals surface area contributed by atoms with Crippen LogP contribution in [0, 0.1) is 6.92 Å². The molecule has 0 aliphatic rings. The van der Waals surface area contributed by atoms with E-state index in [1.165, 1.54) is 0 Å². The zero-order chi connectivity index (χ0) is 10.7. The third-order valence-corrected chi connectivity index (χ3v) is 2.87. The molecule has 1 aromatic carbocycles. The van der Waals surface area contributed by atoms with E-state index in [9.17, 15) is 8.78 Å². The Hall–Kier alpha value is -0.160. The van der Waals surface area contributed by atoms with Crippen molar-refractivity contribution in [2.45, 2.75) is 13.3 Å². The molecule has 78 valence electrons. The summed E-state index contributed by atoms with van der Waals surface area (Å²) < 4.78 is 25.5. The van der Waals surface area contributed by atoms with Gasteiger partial charge in [0.2, 0.25) is 0 Å². The van der Waals surface area contributed by atoms with Gasteiger partial charge in [0.05, 0.1) is 12.2 Å². The Kier molecular flexibility index (Phi) is 4.31. The number of aryl methyl sites for hydroxylation is 1. The molecule has 0 aromatic heterocycles. The topological polar surface area (TPSA) is 12.0 Å². The minimum absolute atomic E-state index is 0.347. The molecule has 5 heteroatoms. The lowest BCUT2D eigenvalue weighted by Gasteiger charge is -2.11. The van der Waals surface area contributed by atoms with Gasteiger partial charge in [-0.05, 0) is 56.5 Å². The highest BCUT2D eigenvalue weighted by atomic mass is 79.9. The summed E-state index contributed by atoms with van der Waals surface area (Å²) in [4.78, 5) is 0. The van der Waals surface area contributed by atoms with E-state index < -0.39 is 6.43 Å². The maximum absolute atomic E-state index is 12.0. The molecule has 0 saturated heterocycles. The van der Waals surface area contributed by atoms with Gasteiger partial charge in [0, 0.05) is 8.95 Å². The average molecular weight is 329 g/mol. The summed E-state index contributed by atoms with van der Waals surface area (Å²) in [6, 6.07) is 3.75. The van der Waals surface area contributed by atoms with Crippen molar-refractivity contribution in [3.05, 3.63) is 26.6 Å².